The van der Waals surface area contributed by atoms with Crippen LogP contribution in [0.25, 0.3) is 22.0 Å². The van der Waals surface area contributed by atoms with Crippen molar-refractivity contribution in [1.29, 1.82) is 0 Å². The first kappa shape index (κ1) is 21.6. The number of aromatic nitrogens is 2. The quantitative estimate of drug-likeness (QED) is 0.515. The summed E-state index contributed by atoms with van der Waals surface area (Å²) in [5, 5.41) is 7.00. The van der Waals surface area contributed by atoms with Crippen molar-refractivity contribution < 1.29 is 22.3 Å². The minimum absolute atomic E-state index is 0. The van der Waals surface area contributed by atoms with Gasteiger partial charge in [-0.25, -0.2) is 22.6 Å². The number of hydrogen-bond donors (Lipinski definition) is 3. The highest BCUT2D eigenvalue weighted by Gasteiger charge is 2.16. The summed E-state index contributed by atoms with van der Waals surface area (Å²) in [4.78, 5) is 12.1. The van der Waals surface area contributed by atoms with E-state index in [4.69, 9.17) is 9.47 Å². The van der Waals surface area contributed by atoms with Gasteiger partial charge in [-0.05, 0) is 29.8 Å². The van der Waals surface area contributed by atoms with Crippen LogP contribution in [0.15, 0.2) is 35.1 Å². The summed E-state index contributed by atoms with van der Waals surface area (Å²) in [7, 11) is 0.125. The van der Waals surface area contributed by atoms with Gasteiger partial charge in [-0.2, -0.15) is 5.10 Å². The van der Waals surface area contributed by atoms with Crippen LogP contribution in [0.4, 0.5) is 4.39 Å². The van der Waals surface area contributed by atoms with Crippen molar-refractivity contribution in [3.8, 4) is 22.8 Å². The fourth-order valence-corrected chi connectivity index (χ4v) is 3.02. The molecule has 0 unspecified atom stereocenters. The van der Waals surface area contributed by atoms with Gasteiger partial charge in [-0.15, -0.1) is 12.4 Å². The third-order valence-corrected chi connectivity index (χ3v) is 4.41. The fourth-order valence-electron chi connectivity index (χ4n) is 2.71. The summed E-state index contributed by atoms with van der Waals surface area (Å²) in [6.45, 7) is -0.0271. The minimum Gasteiger partial charge on any atom is -0.493 e. The molecular formula is C17H17ClFN3O5S. The second-order valence-corrected chi connectivity index (χ2v) is 6.39. The van der Waals surface area contributed by atoms with Crippen LogP contribution < -0.4 is 19.8 Å². The average Bonchev–Trinajstić information content (AvgIpc) is 2.66. The molecule has 2 N–H and O–H groups in total. The summed E-state index contributed by atoms with van der Waals surface area (Å²) in [6, 6.07) is 7.31. The Morgan fingerprint density at radius 3 is 2.32 bits per heavy atom. The van der Waals surface area contributed by atoms with E-state index in [-0.39, 0.29) is 35.6 Å². The van der Waals surface area contributed by atoms with Crippen molar-refractivity contribution in [2.24, 2.45) is 0 Å². The number of H-pyrrole nitrogens is 1. The first-order valence-electron chi connectivity index (χ1n) is 7.75. The van der Waals surface area contributed by atoms with Gasteiger partial charge in [0.15, 0.2) is 11.5 Å². The van der Waals surface area contributed by atoms with Gasteiger partial charge in [0.05, 0.1) is 19.6 Å². The summed E-state index contributed by atoms with van der Waals surface area (Å²) in [5.41, 5.74) is 0.370. The van der Waals surface area contributed by atoms with E-state index in [0.717, 1.165) is 0 Å². The highest BCUT2D eigenvalue weighted by atomic mass is 35.5. The number of methoxy groups -OCH3 is 2. The third kappa shape index (κ3) is 4.24. The Morgan fingerprint density at radius 1 is 1.11 bits per heavy atom. The number of ether oxygens (including phenoxy) is 2. The van der Waals surface area contributed by atoms with Crippen LogP contribution in [0.5, 0.6) is 11.5 Å². The van der Waals surface area contributed by atoms with Gasteiger partial charge in [0.25, 0.3) is 5.56 Å². The molecule has 0 bridgehead atoms. The molecular weight excluding hydrogens is 413 g/mol. The summed E-state index contributed by atoms with van der Waals surface area (Å²) < 4.78 is 48.5. The Labute approximate surface area is 167 Å². The Balaban J connectivity index is 0.00000280. The molecule has 0 saturated heterocycles. The second kappa shape index (κ2) is 9.00. The van der Waals surface area contributed by atoms with Crippen molar-refractivity contribution >= 4 is 34.1 Å². The van der Waals surface area contributed by atoms with Gasteiger partial charge in [0, 0.05) is 17.5 Å². The summed E-state index contributed by atoms with van der Waals surface area (Å²) >= 11 is 0. The van der Waals surface area contributed by atoms with Gasteiger partial charge >= 0.3 is 0 Å². The first-order valence-corrected chi connectivity index (χ1v) is 8.93. The Bertz CT molecular complexity index is 1140. The normalized spacial score (nSPS) is 10.7. The van der Waals surface area contributed by atoms with Crippen molar-refractivity contribution in [2.45, 2.75) is 6.54 Å². The van der Waals surface area contributed by atoms with Crippen LogP contribution in [0.1, 0.15) is 5.56 Å². The van der Waals surface area contributed by atoms with E-state index in [1.807, 2.05) is 0 Å². The maximum absolute atomic E-state index is 14.6. The van der Waals surface area contributed by atoms with Crippen molar-refractivity contribution in [3.63, 3.8) is 0 Å². The van der Waals surface area contributed by atoms with Crippen LogP contribution in [0.2, 0.25) is 0 Å². The van der Waals surface area contributed by atoms with E-state index < -0.39 is 22.3 Å². The van der Waals surface area contributed by atoms with Crippen LogP contribution in [0.3, 0.4) is 0 Å². The van der Waals surface area contributed by atoms with Gasteiger partial charge in [-0.1, -0.05) is 6.07 Å². The molecule has 0 atom stereocenters. The van der Waals surface area contributed by atoms with Crippen LogP contribution >= 0.6 is 12.4 Å². The predicted octanol–water partition coefficient (Wildman–Crippen LogP) is 1.78. The smallest absolute Gasteiger partial charge is 0.272 e. The predicted molar refractivity (Wildman–Crippen MR) is 105 cm³/mol. The molecule has 1 aromatic heterocycles. The van der Waals surface area contributed by atoms with E-state index in [2.05, 4.69) is 14.9 Å². The molecule has 8 nitrogen and oxygen atoms in total. The van der Waals surface area contributed by atoms with Crippen molar-refractivity contribution in [1.82, 2.24) is 14.9 Å². The lowest BCUT2D eigenvalue weighted by Gasteiger charge is -2.12. The maximum atomic E-state index is 14.6. The Hall–Kier alpha value is -2.69. The lowest BCUT2D eigenvalue weighted by atomic mass is 10.0. The maximum Gasteiger partial charge on any atom is 0.272 e. The zero-order valence-corrected chi connectivity index (χ0v) is 16.5. The number of aromatic amines is 1. The SMILES string of the molecule is COc1cc2c(-c3ccc(CN[SH](=O)=O)cc3F)n[nH]c(=O)c2cc1OC.Cl. The largest absolute Gasteiger partial charge is 0.493 e. The number of fused-ring (bicyclic) bond motifs is 1. The second-order valence-electron chi connectivity index (χ2n) is 5.56. The van der Waals surface area contributed by atoms with Crippen LogP contribution in [0, 0.1) is 5.82 Å². The van der Waals surface area contributed by atoms with Gasteiger partial charge in [-0.3, -0.25) is 4.79 Å². The number of benzene rings is 2. The zero-order valence-electron chi connectivity index (χ0n) is 14.8. The molecule has 0 saturated carbocycles. The molecule has 0 fully saturated rings. The van der Waals surface area contributed by atoms with Gasteiger partial charge < -0.3 is 9.47 Å². The van der Waals surface area contributed by atoms with E-state index >= 15 is 0 Å². The molecule has 2 aromatic carbocycles. The number of nitrogens with one attached hydrogen (secondary N) is 2. The molecule has 11 heteroatoms. The number of hydrogen-bond acceptors (Lipinski definition) is 6. The van der Waals surface area contributed by atoms with E-state index in [9.17, 15) is 17.6 Å². The average molecular weight is 430 g/mol. The molecule has 0 spiro atoms. The fraction of sp³-hybridized carbons (Fsp3) is 0.176. The highest BCUT2D eigenvalue weighted by Crippen LogP contribution is 2.35. The molecule has 150 valence electrons. The number of nitrogens with zero attached hydrogens (tertiary/aromatic N) is 1. The molecule has 0 aliphatic rings. The lowest BCUT2D eigenvalue weighted by molar-refractivity contribution is 0.356. The van der Waals surface area contributed by atoms with Gasteiger partial charge in [0.2, 0.25) is 10.9 Å². The van der Waals surface area contributed by atoms with Crippen LogP contribution in [-0.2, 0) is 17.4 Å². The monoisotopic (exact) mass is 429 g/mol. The molecule has 3 rings (SSSR count). The van der Waals surface area contributed by atoms with E-state index in [0.29, 0.717) is 22.4 Å². The van der Waals surface area contributed by atoms with Gasteiger partial charge in [0.1, 0.15) is 11.5 Å². The van der Waals surface area contributed by atoms with Crippen molar-refractivity contribution in [3.05, 3.63) is 52.1 Å². The molecule has 0 amide bonds. The lowest BCUT2D eigenvalue weighted by Crippen LogP contribution is -2.11. The molecule has 3 aromatic rings. The zero-order chi connectivity index (χ0) is 19.6. The van der Waals surface area contributed by atoms with Crippen molar-refractivity contribution in [2.75, 3.05) is 14.2 Å². The molecule has 0 aliphatic heterocycles. The molecule has 1 heterocycles. The molecule has 0 radical (unpaired) electrons. The molecule has 28 heavy (non-hydrogen) atoms. The Morgan fingerprint density at radius 2 is 1.75 bits per heavy atom. The summed E-state index contributed by atoms with van der Waals surface area (Å²) in [5.74, 6) is 0.131. The molecule has 0 aliphatic carbocycles. The standard InChI is InChI=1S/C17H16FN3O5S.ClH/c1-25-14-6-11-12(7-15(14)26-2)17(22)21-20-16(11)10-4-3-9(5-13(10)18)8-19-27(23)24;/h3-7,27H,8H2,1-2H3,(H,21,22)(H,19,23,24);1H. The first-order chi connectivity index (χ1) is 12.9. The number of thiol groups is 1. The van der Waals surface area contributed by atoms with E-state index in [1.54, 1.807) is 12.1 Å². The highest BCUT2D eigenvalue weighted by molar-refractivity contribution is 7.70. The number of rotatable bonds is 6. The topological polar surface area (TPSA) is 110 Å². The van der Waals surface area contributed by atoms with Crippen LogP contribution in [-0.4, -0.2) is 32.8 Å². The Kier molecular flexibility index (Phi) is 6.95. The minimum atomic E-state index is -2.77. The van der Waals surface area contributed by atoms with E-state index in [1.165, 1.54) is 32.4 Å². The number of halogens is 2. The third-order valence-electron chi connectivity index (χ3n) is 3.99. The summed E-state index contributed by atoms with van der Waals surface area (Å²) in [6.07, 6.45) is 0.